The van der Waals surface area contributed by atoms with E-state index >= 15 is 0 Å². The van der Waals surface area contributed by atoms with Gasteiger partial charge in [0.1, 0.15) is 0 Å². The van der Waals surface area contributed by atoms with E-state index in [1.165, 1.54) is 25.7 Å². The van der Waals surface area contributed by atoms with Gasteiger partial charge in [0, 0.05) is 5.97 Å². The van der Waals surface area contributed by atoms with Crippen molar-refractivity contribution < 1.29 is 9.90 Å². The number of carboxylic acid groups (broad SMARTS) is 1. The van der Waals surface area contributed by atoms with Gasteiger partial charge in [0.2, 0.25) is 0 Å². The smallest absolute Gasteiger partial charge is 0.0414 e. The molecule has 0 amide bonds. The van der Waals surface area contributed by atoms with E-state index in [1.807, 2.05) is 0 Å². The minimum Gasteiger partial charge on any atom is -0.550 e. The fraction of sp³-hybridized carbons (Fsp3) is 0.611. The summed E-state index contributed by atoms with van der Waals surface area (Å²) in [6.45, 7) is 2.19. The Balaban J connectivity index is 3.27. The van der Waals surface area contributed by atoms with Crippen molar-refractivity contribution in [3.05, 3.63) is 36.5 Å². The number of carbonyl (C=O) groups excluding carboxylic acids is 1. The molecule has 0 atom stereocenters. The third-order valence-electron chi connectivity index (χ3n) is 3.03. The summed E-state index contributed by atoms with van der Waals surface area (Å²) in [6.07, 6.45) is 23.0. The number of rotatable bonds is 13. The lowest BCUT2D eigenvalue weighted by Crippen LogP contribution is -2.21. The van der Waals surface area contributed by atoms with E-state index in [1.54, 1.807) is 0 Å². The molecule has 2 heteroatoms. The first-order chi connectivity index (χ1) is 9.77. The van der Waals surface area contributed by atoms with Crippen molar-refractivity contribution >= 4 is 5.97 Å². The summed E-state index contributed by atoms with van der Waals surface area (Å²) in [7, 11) is 0. The molecule has 0 radical (unpaired) electrons. The lowest BCUT2D eigenvalue weighted by molar-refractivity contribution is -0.305. The second-order valence-corrected chi connectivity index (χ2v) is 5.03. The Morgan fingerprint density at radius 3 is 2.30 bits per heavy atom. The SMILES string of the molecule is CCCC=CCC=CC=CCCCCCCCC(=O)[O-]. The van der Waals surface area contributed by atoms with Crippen molar-refractivity contribution in [1.82, 2.24) is 0 Å². The zero-order valence-corrected chi connectivity index (χ0v) is 12.9. The fourth-order valence-electron chi connectivity index (χ4n) is 1.85. The standard InChI is InChI=1S/C18H30O2/c1-2-3-4-5-6-7-8-9-10-11-12-13-14-15-16-17-18(19)20/h4-5,7-10H,2-3,6,11-17H2,1H3,(H,19,20)/p-1. The van der Waals surface area contributed by atoms with Gasteiger partial charge >= 0.3 is 0 Å². The van der Waals surface area contributed by atoms with Crippen LogP contribution in [-0.2, 0) is 4.79 Å². The largest absolute Gasteiger partial charge is 0.550 e. The van der Waals surface area contributed by atoms with Gasteiger partial charge in [-0.25, -0.2) is 0 Å². The average Bonchev–Trinajstić information content (AvgIpc) is 2.43. The molecule has 0 rings (SSSR count). The van der Waals surface area contributed by atoms with Crippen LogP contribution in [-0.4, -0.2) is 5.97 Å². The molecule has 0 aliphatic rings. The maximum absolute atomic E-state index is 10.2. The van der Waals surface area contributed by atoms with Crippen LogP contribution in [0.5, 0.6) is 0 Å². The highest BCUT2D eigenvalue weighted by Gasteiger charge is 1.90. The third kappa shape index (κ3) is 16.7. The number of hydrogen-bond acceptors (Lipinski definition) is 2. The van der Waals surface area contributed by atoms with Crippen LogP contribution in [0.3, 0.4) is 0 Å². The normalized spacial score (nSPS) is 12.1. The Hall–Kier alpha value is -1.31. The van der Waals surface area contributed by atoms with Crippen molar-refractivity contribution in [2.45, 2.75) is 71.1 Å². The summed E-state index contributed by atoms with van der Waals surface area (Å²) in [5.41, 5.74) is 0. The highest BCUT2D eigenvalue weighted by Crippen LogP contribution is 2.07. The molecule has 0 N–H and O–H groups in total. The van der Waals surface area contributed by atoms with Crippen LogP contribution in [0.15, 0.2) is 36.5 Å². The summed E-state index contributed by atoms with van der Waals surface area (Å²) >= 11 is 0. The van der Waals surface area contributed by atoms with E-state index in [-0.39, 0.29) is 6.42 Å². The minimum absolute atomic E-state index is 0.206. The van der Waals surface area contributed by atoms with Crippen molar-refractivity contribution in [1.29, 1.82) is 0 Å². The molecule has 0 bridgehead atoms. The Morgan fingerprint density at radius 2 is 1.55 bits per heavy atom. The highest BCUT2D eigenvalue weighted by atomic mass is 16.4. The van der Waals surface area contributed by atoms with Gasteiger partial charge in [-0.15, -0.1) is 0 Å². The van der Waals surface area contributed by atoms with E-state index in [0.717, 1.165) is 32.1 Å². The molecule has 0 fully saturated rings. The third-order valence-corrected chi connectivity index (χ3v) is 3.03. The molecular weight excluding hydrogens is 248 g/mol. The number of unbranched alkanes of at least 4 members (excludes halogenated alkanes) is 6. The molecule has 0 aromatic carbocycles. The quantitative estimate of drug-likeness (QED) is 0.286. The summed E-state index contributed by atoms with van der Waals surface area (Å²) in [6, 6.07) is 0. The summed E-state index contributed by atoms with van der Waals surface area (Å²) in [5, 5.41) is 10.2. The number of carbonyl (C=O) groups is 1. The van der Waals surface area contributed by atoms with Crippen LogP contribution in [0.1, 0.15) is 71.1 Å². The summed E-state index contributed by atoms with van der Waals surface area (Å²) in [5.74, 6) is -0.927. The van der Waals surface area contributed by atoms with Gasteiger partial charge in [0.15, 0.2) is 0 Å². The van der Waals surface area contributed by atoms with Gasteiger partial charge in [0.05, 0.1) is 0 Å². The van der Waals surface area contributed by atoms with Gasteiger partial charge in [-0.1, -0.05) is 69.1 Å². The average molecular weight is 277 g/mol. The predicted molar refractivity (Wildman–Crippen MR) is 84.3 cm³/mol. The second-order valence-electron chi connectivity index (χ2n) is 5.03. The van der Waals surface area contributed by atoms with Crippen LogP contribution < -0.4 is 5.11 Å². The van der Waals surface area contributed by atoms with Crippen LogP contribution in [0.4, 0.5) is 0 Å². The molecule has 20 heavy (non-hydrogen) atoms. The molecule has 0 aliphatic heterocycles. The molecule has 0 heterocycles. The summed E-state index contributed by atoms with van der Waals surface area (Å²) in [4.78, 5) is 10.2. The first-order valence-corrected chi connectivity index (χ1v) is 7.94. The van der Waals surface area contributed by atoms with Crippen LogP contribution in [0, 0.1) is 0 Å². The van der Waals surface area contributed by atoms with Crippen LogP contribution >= 0.6 is 0 Å². The molecule has 0 unspecified atom stereocenters. The Labute approximate surface area is 124 Å². The zero-order valence-electron chi connectivity index (χ0n) is 12.9. The Bertz CT molecular complexity index is 301. The van der Waals surface area contributed by atoms with Gasteiger partial charge in [0.25, 0.3) is 0 Å². The lowest BCUT2D eigenvalue weighted by Gasteiger charge is -2.01. The maximum atomic E-state index is 10.2. The Kier molecular flexibility index (Phi) is 14.7. The molecule has 0 aliphatic carbocycles. The number of carboxylic acids is 1. The molecule has 0 saturated heterocycles. The van der Waals surface area contributed by atoms with E-state index in [2.05, 4.69) is 43.4 Å². The van der Waals surface area contributed by atoms with Gasteiger partial charge in [-0.3, -0.25) is 0 Å². The van der Waals surface area contributed by atoms with Crippen molar-refractivity contribution in [3.8, 4) is 0 Å². The van der Waals surface area contributed by atoms with Crippen molar-refractivity contribution in [2.24, 2.45) is 0 Å². The maximum Gasteiger partial charge on any atom is 0.0414 e. The fourth-order valence-corrected chi connectivity index (χ4v) is 1.85. The molecule has 0 aromatic rings. The molecule has 2 nitrogen and oxygen atoms in total. The number of aliphatic carboxylic acids is 1. The highest BCUT2D eigenvalue weighted by molar-refractivity contribution is 5.63. The topological polar surface area (TPSA) is 40.1 Å². The van der Waals surface area contributed by atoms with E-state index < -0.39 is 5.97 Å². The van der Waals surface area contributed by atoms with E-state index in [9.17, 15) is 9.90 Å². The van der Waals surface area contributed by atoms with Gasteiger partial charge < -0.3 is 9.90 Å². The van der Waals surface area contributed by atoms with Crippen LogP contribution in [0.2, 0.25) is 0 Å². The van der Waals surface area contributed by atoms with Gasteiger partial charge in [-0.2, -0.15) is 0 Å². The lowest BCUT2D eigenvalue weighted by atomic mass is 10.1. The van der Waals surface area contributed by atoms with Gasteiger partial charge in [-0.05, 0) is 38.5 Å². The zero-order chi connectivity index (χ0) is 14.9. The molecule has 0 saturated carbocycles. The second kappa shape index (κ2) is 15.7. The monoisotopic (exact) mass is 277 g/mol. The molecule has 114 valence electrons. The first kappa shape index (κ1) is 18.7. The van der Waals surface area contributed by atoms with E-state index in [0.29, 0.717) is 0 Å². The van der Waals surface area contributed by atoms with Crippen molar-refractivity contribution in [3.63, 3.8) is 0 Å². The van der Waals surface area contributed by atoms with Crippen molar-refractivity contribution in [2.75, 3.05) is 0 Å². The van der Waals surface area contributed by atoms with E-state index in [4.69, 9.17) is 0 Å². The first-order valence-electron chi connectivity index (χ1n) is 7.94. The number of hydrogen-bond donors (Lipinski definition) is 0. The molecule has 0 spiro atoms. The molecular formula is C18H29O2-. The number of allylic oxidation sites excluding steroid dienone is 6. The minimum atomic E-state index is -0.927. The predicted octanol–water partition coefficient (Wildman–Crippen LogP) is 4.33. The summed E-state index contributed by atoms with van der Waals surface area (Å²) < 4.78 is 0. The Morgan fingerprint density at radius 1 is 0.850 bits per heavy atom. The molecule has 0 aromatic heterocycles. The van der Waals surface area contributed by atoms with Crippen LogP contribution in [0.25, 0.3) is 0 Å².